The summed E-state index contributed by atoms with van der Waals surface area (Å²) in [7, 11) is 0. The maximum atomic E-state index is 12.5. The van der Waals surface area contributed by atoms with Gasteiger partial charge in [0.2, 0.25) is 0 Å². The maximum absolute atomic E-state index is 12.5. The fraction of sp³-hybridized carbons (Fsp3) is 0.188. The lowest BCUT2D eigenvalue weighted by Crippen LogP contribution is -2.32. The molecule has 0 saturated carbocycles. The van der Waals surface area contributed by atoms with Crippen LogP contribution in [0.3, 0.4) is 0 Å². The van der Waals surface area contributed by atoms with E-state index in [1.807, 2.05) is 24.3 Å². The molecule has 0 fully saturated rings. The Morgan fingerprint density at radius 3 is 2.65 bits per heavy atom. The van der Waals surface area contributed by atoms with Crippen LogP contribution in [0.5, 0.6) is 5.75 Å². The molecule has 0 saturated heterocycles. The first kappa shape index (κ1) is 13.0. The predicted octanol–water partition coefficient (Wildman–Crippen LogP) is 3.37. The number of hydrogen-bond acceptors (Lipinski definition) is 2. The van der Waals surface area contributed by atoms with Crippen molar-refractivity contribution >= 4 is 17.5 Å². The van der Waals surface area contributed by atoms with Gasteiger partial charge in [-0.1, -0.05) is 29.8 Å². The molecule has 0 aromatic heterocycles. The quantitative estimate of drug-likeness (QED) is 0.805. The second-order valence-electron chi connectivity index (χ2n) is 4.69. The first-order valence-corrected chi connectivity index (χ1v) is 6.87. The molecule has 0 radical (unpaired) electrons. The highest BCUT2D eigenvalue weighted by Crippen LogP contribution is 2.23. The molecular weight excluding hydrogens is 274 g/mol. The first-order valence-electron chi connectivity index (χ1n) is 6.49. The molecule has 0 bridgehead atoms. The van der Waals surface area contributed by atoms with Gasteiger partial charge in [0.1, 0.15) is 12.4 Å². The molecule has 0 unspecified atom stereocenters. The summed E-state index contributed by atoms with van der Waals surface area (Å²) < 4.78 is 5.67. The smallest absolute Gasteiger partial charge is 0.254 e. The second kappa shape index (κ2) is 5.55. The van der Waals surface area contributed by atoms with Gasteiger partial charge < -0.3 is 9.64 Å². The zero-order valence-corrected chi connectivity index (χ0v) is 11.6. The number of hydrogen-bond donors (Lipinski definition) is 0. The lowest BCUT2D eigenvalue weighted by molar-refractivity contribution is 0.0733. The van der Waals surface area contributed by atoms with E-state index in [0.717, 1.165) is 11.3 Å². The summed E-state index contributed by atoms with van der Waals surface area (Å²) in [6.07, 6.45) is 0. The van der Waals surface area contributed by atoms with Crippen LogP contribution in [0.4, 0.5) is 0 Å². The SMILES string of the molecule is O=C(c1ccc(Cl)cc1)N1CCOc2ccccc2C1. The van der Waals surface area contributed by atoms with Crippen molar-refractivity contribution in [1.29, 1.82) is 0 Å². The van der Waals surface area contributed by atoms with Crippen LogP contribution < -0.4 is 4.74 Å². The topological polar surface area (TPSA) is 29.5 Å². The average Bonchev–Trinajstić information content (AvgIpc) is 2.69. The van der Waals surface area contributed by atoms with Crippen LogP contribution >= 0.6 is 11.6 Å². The van der Waals surface area contributed by atoms with E-state index in [1.165, 1.54) is 0 Å². The van der Waals surface area contributed by atoms with E-state index < -0.39 is 0 Å². The van der Waals surface area contributed by atoms with Gasteiger partial charge in [0.05, 0.1) is 6.54 Å². The van der Waals surface area contributed by atoms with Crippen LogP contribution in [0, 0.1) is 0 Å². The summed E-state index contributed by atoms with van der Waals surface area (Å²) in [6.45, 7) is 1.66. The Labute approximate surface area is 122 Å². The van der Waals surface area contributed by atoms with Gasteiger partial charge in [0.15, 0.2) is 0 Å². The van der Waals surface area contributed by atoms with Crippen molar-refractivity contribution in [1.82, 2.24) is 4.90 Å². The van der Waals surface area contributed by atoms with E-state index in [0.29, 0.717) is 30.3 Å². The molecule has 0 spiro atoms. The molecule has 0 atom stereocenters. The minimum absolute atomic E-state index is 0.00182. The maximum Gasteiger partial charge on any atom is 0.254 e. The third-order valence-electron chi connectivity index (χ3n) is 3.33. The zero-order chi connectivity index (χ0) is 13.9. The summed E-state index contributed by atoms with van der Waals surface area (Å²) in [6, 6.07) is 14.8. The van der Waals surface area contributed by atoms with Crippen molar-refractivity contribution in [2.75, 3.05) is 13.2 Å². The third-order valence-corrected chi connectivity index (χ3v) is 3.58. The number of carbonyl (C=O) groups excluding carboxylic acids is 1. The molecule has 20 heavy (non-hydrogen) atoms. The Morgan fingerprint density at radius 2 is 1.85 bits per heavy atom. The molecule has 1 heterocycles. The van der Waals surface area contributed by atoms with Gasteiger partial charge in [-0.2, -0.15) is 0 Å². The van der Waals surface area contributed by atoms with Gasteiger partial charge in [-0.15, -0.1) is 0 Å². The minimum Gasteiger partial charge on any atom is -0.491 e. The summed E-state index contributed by atoms with van der Waals surface area (Å²) >= 11 is 5.85. The van der Waals surface area contributed by atoms with Crippen molar-refractivity contribution in [2.45, 2.75) is 6.54 Å². The third kappa shape index (κ3) is 2.63. The van der Waals surface area contributed by atoms with E-state index >= 15 is 0 Å². The molecule has 4 heteroatoms. The Morgan fingerprint density at radius 1 is 1.10 bits per heavy atom. The van der Waals surface area contributed by atoms with E-state index in [9.17, 15) is 4.79 Å². The zero-order valence-electron chi connectivity index (χ0n) is 10.9. The van der Waals surface area contributed by atoms with Gasteiger partial charge in [-0.05, 0) is 30.3 Å². The lowest BCUT2D eigenvalue weighted by atomic mass is 10.1. The van der Waals surface area contributed by atoms with Gasteiger partial charge in [-0.25, -0.2) is 0 Å². The summed E-state index contributed by atoms with van der Waals surface area (Å²) in [5.41, 5.74) is 1.68. The molecule has 0 aliphatic carbocycles. The molecule has 3 rings (SSSR count). The Kier molecular flexibility index (Phi) is 3.61. The molecular formula is C16H14ClNO2. The highest BCUT2D eigenvalue weighted by atomic mass is 35.5. The van der Waals surface area contributed by atoms with E-state index in [1.54, 1.807) is 29.2 Å². The summed E-state index contributed by atoms with van der Waals surface area (Å²) in [4.78, 5) is 14.3. The number of benzene rings is 2. The molecule has 1 aliphatic heterocycles. The summed E-state index contributed by atoms with van der Waals surface area (Å²) in [5, 5.41) is 0.631. The number of ether oxygens (including phenoxy) is 1. The number of carbonyl (C=O) groups is 1. The van der Waals surface area contributed by atoms with Crippen LogP contribution in [-0.4, -0.2) is 24.0 Å². The molecule has 2 aromatic carbocycles. The highest BCUT2D eigenvalue weighted by Gasteiger charge is 2.20. The molecule has 2 aromatic rings. The largest absolute Gasteiger partial charge is 0.491 e. The molecule has 1 aliphatic rings. The number of halogens is 1. The standard InChI is InChI=1S/C16H14ClNO2/c17-14-7-5-12(6-8-14)16(19)18-9-10-20-15-4-2-1-3-13(15)11-18/h1-8H,9-11H2. The van der Waals surface area contributed by atoms with Crippen LogP contribution in [0.2, 0.25) is 5.02 Å². The Balaban J connectivity index is 1.84. The van der Waals surface area contributed by atoms with Crippen molar-refractivity contribution in [2.24, 2.45) is 0 Å². The highest BCUT2D eigenvalue weighted by molar-refractivity contribution is 6.30. The first-order chi connectivity index (χ1) is 9.74. The summed E-state index contributed by atoms with van der Waals surface area (Å²) in [5.74, 6) is 0.862. The van der Waals surface area contributed by atoms with Crippen LogP contribution in [0.25, 0.3) is 0 Å². The predicted molar refractivity (Wildman–Crippen MR) is 78.1 cm³/mol. The Hall–Kier alpha value is -2.00. The molecule has 102 valence electrons. The Bertz CT molecular complexity index is 625. The average molecular weight is 288 g/mol. The number of fused-ring (bicyclic) bond motifs is 1. The number of nitrogens with zero attached hydrogens (tertiary/aromatic N) is 1. The van der Waals surface area contributed by atoms with Gasteiger partial charge >= 0.3 is 0 Å². The lowest BCUT2D eigenvalue weighted by Gasteiger charge is -2.19. The van der Waals surface area contributed by atoms with Gasteiger partial charge in [0, 0.05) is 22.7 Å². The molecule has 1 amide bonds. The fourth-order valence-corrected chi connectivity index (χ4v) is 2.40. The number of para-hydroxylation sites is 1. The minimum atomic E-state index is 0.00182. The monoisotopic (exact) mass is 287 g/mol. The number of amides is 1. The van der Waals surface area contributed by atoms with Gasteiger partial charge in [-0.3, -0.25) is 4.79 Å². The van der Waals surface area contributed by atoms with Crippen molar-refractivity contribution in [3.8, 4) is 5.75 Å². The van der Waals surface area contributed by atoms with Crippen LogP contribution in [0.1, 0.15) is 15.9 Å². The number of rotatable bonds is 1. The van der Waals surface area contributed by atoms with Gasteiger partial charge in [0.25, 0.3) is 5.91 Å². The van der Waals surface area contributed by atoms with E-state index in [2.05, 4.69) is 0 Å². The fourth-order valence-electron chi connectivity index (χ4n) is 2.27. The molecule has 0 N–H and O–H groups in total. The molecule has 3 nitrogen and oxygen atoms in total. The normalized spacial score (nSPS) is 14.2. The van der Waals surface area contributed by atoms with Crippen LogP contribution in [-0.2, 0) is 6.54 Å². The van der Waals surface area contributed by atoms with E-state index in [4.69, 9.17) is 16.3 Å². The van der Waals surface area contributed by atoms with Crippen molar-refractivity contribution < 1.29 is 9.53 Å². The van der Waals surface area contributed by atoms with Crippen molar-refractivity contribution in [3.05, 3.63) is 64.7 Å². The van der Waals surface area contributed by atoms with Crippen molar-refractivity contribution in [3.63, 3.8) is 0 Å². The second-order valence-corrected chi connectivity index (χ2v) is 5.13. The van der Waals surface area contributed by atoms with Crippen LogP contribution in [0.15, 0.2) is 48.5 Å². The van der Waals surface area contributed by atoms with E-state index in [-0.39, 0.29) is 5.91 Å².